The number of ether oxygens (including phenoxy) is 1. The molecule has 15 heavy (non-hydrogen) atoms. The molecule has 0 N–H and O–H groups in total. The minimum Gasteiger partial charge on any atom is -0.493 e. The Bertz CT molecular complexity index is 412. The van der Waals surface area contributed by atoms with Crippen molar-refractivity contribution >= 4 is 6.08 Å². The van der Waals surface area contributed by atoms with Crippen molar-refractivity contribution in [1.29, 1.82) is 0 Å². The first-order chi connectivity index (χ1) is 7.25. The zero-order chi connectivity index (χ0) is 10.7. The van der Waals surface area contributed by atoms with Crippen LogP contribution in [0.3, 0.4) is 0 Å². The fourth-order valence-corrected chi connectivity index (χ4v) is 1.63. The summed E-state index contributed by atoms with van der Waals surface area (Å²) in [5.74, 6) is 0.902. The van der Waals surface area contributed by atoms with Gasteiger partial charge in [0.2, 0.25) is 6.20 Å². The molecule has 0 spiro atoms. The molecular weight excluding hydrogens is 194 g/mol. The highest BCUT2D eigenvalue weighted by Crippen LogP contribution is 2.25. The van der Waals surface area contributed by atoms with Gasteiger partial charge in [-0.05, 0) is 36.1 Å². The number of aryl methyl sites for hydroxylation is 1. The van der Waals surface area contributed by atoms with E-state index >= 15 is 0 Å². The molecule has 0 saturated carbocycles. The van der Waals surface area contributed by atoms with Gasteiger partial charge in [-0.2, -0.15) is 0 Å². The van der Waals surface area contributed by atoms with E-state index in [0.29, 0.717) is 0 Å². The normalized spacial score (nSPS) is 14.7. The van der Waals surface area contributed by atoms with Crippen LogP contribution in [0.2, 0.25) is 0 Å². The van der Waals surface area contributed by atoms with Crippen molar-refractivity contribution in [2.75, 3.05) is 6.61 Å². The lowest BCUT2D eigenvalue weighted by atomic mass is 10.0. The first kappa shape index (κ1) is 9.71. The average molecular weight is 205 g/mol. The fraction of sp³-hybridized carbons (Fsp3) is 0.273. The zero-order valence-corrected chi connectivity index (χ0v) is 8.18. The Hall–Kier alpha value is -1.84. The van der Waals surface area contributed by atoms with Crippen LogP contribution in [-0.2, 0) is 6.42 Å². The Kier molecular flexibility index (Phi) is 2.67. The van der Waals surface area contributed by atoms with Gasteiger partial charge in [0.1, 0.15) is 5.75 Å². The Balaban J connectivity index is 2.24. The van der Waals surface area contributed by atoms with Crippen molar-refractivity contribution < 1.29 is 9.66 Å². The van der Waals surface area contributed by atoms with Gasteiger partial charge >= 0.3 is 0 Å². The lowest BCUT2D eigenvalue weighted by Gasteiger charge is -2.16. The number of nitrogens with zero attached hydrogens (tertiary/aromatic N) is 1. The van der Waals surface area contributed by atoms with E-state index in [4.69, 9.17) is 4.74 Å². The van der Waals surface area contributed by atoms with Crippen molar-refractivity contribution in [1.82, 2.24) is 0 Å². The van der Waals surface area contributed by atoms with Gasteiger partial charge in [0.25, 0.3) is 0 Å². The maximum absolute atomic E-state index is 10.2. The van der Waals surface area contributed by atoms with E-state index < -0.39 is 4.92 Å². The summed E-state index contributed by atoms with van der Waals surface area (Å²) in [4.78, 5) is 9.69. The highest BCUT2D eigenvalue weighted by Gasteiger charge is 2.09. The number of nitro groups is 1. The molecule has 0 unspecified atom stereocenters. The smallest absolute Gasteiger partial charge is 0.235 e. The third kappa shape index (κ3) is 2.34. The van der Waals surface area contributed by atoms with Crippen LogP contribution >= 0.6 is 0 Å². The van der Waals surface area contributed by atoms with E-state index in [2.05, 4.69) is 0 Å². The van der Waals surface area contributed by atoms with Gasteiger partial charge < -0.3 is 4.74 Å². The predicted molar refractivity (Wildman–Crippen MR) is 56.3 cm³/mol. The van der Waals surface area contributed by atoms with Gasteiger partial charge in [0.15, 0.2) is 0 Å². The van der Waals surface area contributed by atoms with Gasteiger partial charge in [-0.25, -0.2) is 0 Å². The summed E-state index contributed by atoms with van der Waals surface area (Å²) < 4.78 is 5.45. The molecule has 0 aliphatic carbocycles. The van der Waals surface area contributed by atoms with Crippen LogP contribution in [0.5, 0.6) is 5.75 Å². The number of hydrogen-bond acceptors (Lipinski definition) is 3. The molecule has 0 fully saturated rings. The molecule has 1 heterocycles. The van der Waals surface area contributed by atoms with Crippen molar-refractivity contribution in [3.63, 3.8) is 0 Å². The van der Waals surface area contributed by atoms with Crippen LogP contribution in [0.25, 0.3) is 6.08 Å². The van der Waals surface area contributed by atoms with Crippen molar-refractivity contribution in [3.05, 3.63) is 45.6 Å². The maximum atomic E-state index is 10.2. The molecule has 1 aliphatic rings. The van der Waals surface area contributed by atoms with Gasteiger partial charge in [0.05, 0.1) is 11.5 Å². The van der Waals surface area contributed by atoms with Gasteiger partial charge in [0, 0.05) is 6.08 Å². The number of hydrogen-bond donors (Lipinski definition) is 0. The summed E-state index contributed by atoms with van der Waals surface area (Å²) >= 11 is 0. The lowest BCUT2D eigenvalue weighted by molar-refractivity contribution is -0.400. The monoisotopic (exact) mass is 205 g/mol. The standard InChI is InChI=1S/C11H11NO3/c13-12(14)6-5-9-3-4-11-10(8-9)2-1-7-15-11/h3-6,8H,1-2,7H2. The Labute approximate surface area is 87.3 Å². The highest BCUT2D eigenvalue weighted by molar-refractivity contribution is 5.52. The van der Waals surface area contributed by atoms with Crippen LogP contribution < -0.4 is 4.74 Å². The Morgan fingerprint density at radius 1 is 1.47 bits per heavy atom. The summed E-state index contributed by atoms with van der Waals surface area (Å²) in [6.07, 6.45) is 4.44. The molecule has 0 aromatic heterocycles. The van der Waals surface area contributed by atoms with Crippen LogP contribution in [-0.4, -0.2) is 11.5 Å². The molecule has 0 bridgehead atoms. The van der Waals surface area contributed by atoms with E-state index in [-0.39, 0.29) is 0 Å². The topological polar surface area (TPSA) is 52.4 Å². The molecule has 1 aliphatic heterocycles. The summed E-state index contributed by atoms with van der Waals surface area (Å²) in [6.45, 7) is 0.761. The van der Waals surface area contributed by atoms with Crippen LogP contribution in [0, 0.1) is 10.1 Å². The molecule has 2 rings (SSSR count). The first-order valence-electron chi connectivity index (χ1n) is 4.83. The fourth-order valence-electron chi connectivity index (χ4n) is 1.63. The third-order valence-electron chi connectivity index (χ3n) is 2.32. The van der Waals surface area contributed by atoms with E-state index in [1.54, 1.807) is 0 Å². The van der Waals surface area contributed by atoms with Crippen LogP contribution in [0.15, 0.2) is 24.4 Å². The maximum Gasteiger partial charge on any atom is 0.235 e. The number of fused-ring (bicyclic) bond motifs is 1. The van der Waals surface area contributed by atoms with Gasteiger partial charge in [-0.3, -0.25) is 10.1 Å². The van der Waals surface area contributed by atoms with Crippen LogP contribution in [0.4, 0.5) is 0 Å². The first-order valence-corrected chi connectivity index (χ1v) is 4.83. The number of rotatable bonds is 2. The second-order valence-electron chi connectivity index (χ2n) is 3.42. The Morgan fingerprint density at radius 2 is 2.33 bits per heavy atom. The lowest BCUT2D eigenvalue weighted by Crippen LogP contribution is -2.08. The summed E-state index contributed by atoms with van der Waals surface area (Å²) in [5, 5.41) is 10.2. The molecule has 0 saturated heterocycles. The zero-order valence-electron chi connectivity index (χ0n) is 8.18. The largest absolute Gasteiger partial charge is 0.493 e. The second kappa shape index (κ2) is 4.13. The van der Waals surface area contributed by atoms with Crippen molar-refractivity contribution in [2.45, 2.75) is 12.8 Å². The second-order valence-corrected chi connectivity index (χ2v) is 3.42. The summed E-state index contributed by atoms with van der Waals surface area (Å²) in [7, 11) is 0. The predicted octanol–water partition coefficient (Wildman–Crippen LogP) is 2.26. The Morgan fingerprint density at radius 3 is 3.13 bits per heavy atom. The third-order valence-corrected chi connectivity index (χ3v) is 2.32. The van der Waals surface area contributed by atoms with Crippen molar-refractivity contribution in [2.24, 2.45) is 0 Å². The molecule has 4 heteroatoms. The molecule has 1 aromatic rings. The molecule has 78 valence electrons. The molecule has 0 amide bonds. The molecule has 1 aromatic carbocycles. The SMILES string of the molecule is O=[N+]([O-])C=Cc1ccc2c(c1)CCCO2. The molecule has 4 nitrogen and oxygen atoms in total. The number of benzene rings is 1. The summed E-state index contributed by atoms with van der Waals surface area (Å²) in [6, 6.07) is 5.63. The quantitative estimate of drug-likeness (QED) is 0.549. The van der Waals surface area contributed by atoms with E-state index in [1.807, 2.05) is 18.2 Å². The van der Waals surface area contributed by atoms with E-state index in [9.17, 15) is 10.1 Å². The molecule has 0 atom stereocenters. The molecule has 0 radical (unpaired) electrons. The van der Waals surface area contributed by atoms with Crippen molar-refractivity contribution in [3.8, 4) is 5.75 Å². The summed E-state index contributed by atoms with van der Waals surface area (Å²) in [5.41, 5.74) is 1.97. The van der Waals surface area contributed by atoms with Gasteiger partial charge in [-0.15, -0.1) is 0 Å². The van der Waals surface area contributed by atoms with E-state index in [0.717, 1.165) is 42.5 Å². The highest BCUT2D eigenvalue weighted by atomic mass is 16.6. The van der Waals surface area contributed by atoms with E-state index in [1.165, 1.54) is 6.08 Å². The minimum atomic E-state index is -0.462. The molecular formula is C11H11NO3. The van der Waals surface area contributed by atoms with Crippen LogP contribution in [0.1, 0.15) is 17.5 Å². The minimum absolute atomic E-state index is 0.462. The average Bonchev–Trinajstić information content (AvgIpc) is 2.26. The van der Waals surface area contributed by atoms with Gasteiger partial charge in [-0.1, -0.05) is 6.07 Å².